The Bertz CT molecular complexity index is 281. The van der Waals surface area contributed by atoms with Gasteiger partial charge < -0.3 is 10.1 Å². The van der Waals surface area contributed by atoms with Gasteiger partial charge in [0.15, 0.2) is 0 Å². The first-order valence-corrected chi connectivity index (χ1v) is 7.44. The molecule has 2 spiro atoms. The van der Waals surface area contributed by atoms with Crippen molar-refractivity contribution in [3.63, 3.8) is 0 Å². The number of morpholine rings is 1. The summed E-state index contributed by atoms with van der Waals surface area (Å²) in [5, 5.41) is 3.59. The van der Waals surface area contributed by atoms with E-state index in [1.165, 1.54) is 51.4 Å². The normalized spacial score (nSPS) is 34.2. The number of nitrogens with one attached hydrogen (secondary N) is 1. The van der Waals surface area contributed by atoms with E-state index in [9.17, 15) is 0 Å². The van der Waals surface area contributed by atoms with Crippen LogP contribution in [0.15, 0.2) is 0 Å². The maximum Gasteiger partial charge on any atom is 0.0814 e. The molecule has 3 aliphatic rings. The van der Waals surface area contributed by atoms with Gasteiger partial charge in [-0.3, -0.25) is 0 Å². The van der Waals surface area contributed by atoms with Crippen LogP contribution in [-0.4, -0.2) is 24.3 Å². The molecule has 0 radical (unpaired) electrons. The molecule has 0 atom stereocenters. The van der Waals surface area contributed by atoms with E-state index < -0.39 is 0 Å². The van der Waals surface area contributed by atoms with Crippen molar-refractivity contribution in [3.05, 3.63) is 0 Å². The second-order valence-electron chi connectivity index (χ2n) is 7.36. The fourth-order valence-electron chi connectivity index (χ4n) is 4.39. The van der Waals surface area contributed by atoms with Crippen molar-refractivity contribution in [2.24, 2.45) is 5.41 Å². The number of rotatable bonds is 0. The van der Waals surface area contributed by atoms with Crippen LogP contribution in [0.1, 0.15) is 65.2 Å². The maximum absolute atomic E-state index is 6.44. The highest BCUT2D eigenvalue weighted by molar-refractivity contribution is 5.00. The summed E-state index contributed by atoms with van der Waals surface area (Å²) in [6.07, 6.45) is 11.3. The lowest BCUT2D eigenvalue weighted by Gasteiger charge is -2.51. The van der Waals surface area contributed by atoms with Gasteiger partial charge >= 0.3 is 0 Å². The van der Waals surface area contributed by atoms with E-state index in [4.69, 9.17) is 4.74 Å². The Labute approximate surface area is 105 Å². The monoisotopic (exact) mass is 237 g/mol. The first-order chi connectivity index (χ1) is 8.04. The van der Waals surface area contributed by atoms with Gasteiger partial charge in [0.25, 0.3) is 0 Å². The predicted molar refractivity (Wildman–Crippen MR) is 70.1 cm³/mol. The van der Waals surface area contributed by atoms with E-state index >= 15 is 0 Å². The summed E-state index contributed by atoms with van der Waals surface area (Å²) < 4.78 is 6.44. The van der Waals surface area contributed by atoms with Crippen molar-refractivity contribution in [1.82, 2.24) is 5.32 Å². The van der Waals surface area contributed by atoms with Gasteiger partial charge in [-0.1, -0.05) is 12.8 Å². The molecule has 0 amide bonds. The lowest BCUT2D eigenvalue weighted by molar-refractivity contribution is -0.185. The van der Waals surface area contributed by atoms with Crippen molar-refractivity contribution < 1.29 is 4.74 Å². The third kappa shape index (κ3) is 2.26. The van der Waals surface area contributed by atoms with Gasteiger partial charge in [-0.05, 0) is 57.8 Å². The van der Waals surface area contributed by atoms with Gasteiger partial charge in [0.1, 0.15) is 0 Å². The van der Waals surface area contributed by atoms with Gasteiger partial charge in [-0.15, -0.1) is 0 Å². The van der Waals surface area contributed by atoms with Crippen LogP contribution in [0, 0.1) is 5.41 Å². The van der Waals surface area contributed by atoms with Crippen LogP contribution < -0.4 is 5.32 Å². The Hall–Kier alpha value is -0.0800. The van der Waals surface area contributed by atoms with Gasteiger partial charge in [-0.25, -0.2) is 0 Å². The first-order valence-electron chi connectivity index (χ1n) is 7.44. The summed E-state index contributed by atoms with van der Waals surface area (Å²) in [6, 6.07) is 0. The second kappa shape index (κ2) is 3.96. The van der Waals surface area contributed by atoms with Crippen LogP contribution >= 0.6 is 0 Å². The first kappa shape index (κ1) is 12.0. The molecule has 1 saturated heterocycles. The molecular formula is C15H27NO. The molecule has 0 aromatic heterocycles. The van der Waals surface area contributed by atoms with Gasteiger partial charge in [0.2, 0.25) is 0 Å². The molecule has 0 unspecified atom stereocenters. The molecule has 0 aromatic carbocycles. The van der Waals surface area contributed by atoms with Crippen LogP contribution in [0.4, 0.5) is 0 Å². The molecule has 1 aliphatic heterocycles. The summed E-state index contributed by atoms with van der Waals surface area (Å²) in [5.74, 6) is 0. The summed E-state index contributed by atoms with van der Waals surface area (Å²) in [4.78, 5) is 0. The van der Waals surface area contributed by atoms with Crippen LogP contribution in [0.25, 0.3) is 0 Å². The highest BCUT2D eigenvalue weighted by atomic mass is 16.5. The second-order valence-corrected chi connectivity index (χ2v) is 7.36. The predicted octanol–water partition coefficient (Wildman–Crippen LogP) is 3.26. The molecule has 17 heavy (non-hydrogen) atoms. The molecular weight excluding hydrogens is 210 g/mol. The summed E-state index contributed by atoms with van der Waals surface area (Å²) >= 11 is 0. The number of hydrogen-bond acceptors (Lipinski definition) is 2. The summed E-state index contributed by atoms with van der Waals surface area (Å²) in [6.45, 7) is 6.52. The standard InChI is InChI=1S/C15H27NO/c1-13(2)11-16-12-15(17-13)9-7-14(8-10-15)5-3-4-6-14/h16H,3-12H2,1-2H3. The van der Waals surface area contributed by atoms with Crippen LogP contribution in [0.5, 0.6) is 0 Å². The number of hydrogen-bond donors (Lipinski definition) is 1. The molecule has 3 rings (SSSR count). The minimum Gasteiger partial charge on any atom is -0.366 e. The molecule has 1 heterocycles. The van der Waals surface area contributed by atoms with Crippen molar-refractivity contribution in [2.75, 3.05) is 13.1 Å². The third-order valence-corrected chi connectivity index (χ3v) is 5.38. The van der Waals surface area contributed by atoms with E-state index in [-0.39, 0.29) is 11.2 Å². The molecule has 1 N–H and O–H groups in total. The highest BCUT2D eigenvalue weighted by Crippen LogP contribution is 2.52. The molecule has 0 aromatic rings. The summed E-state index contributed by atoms with van der Waals surface area (Å²) in [7, 11) is 0. The van der Waals surface area contributed by atoms with Crippen LogP contribution in [0.3, 0.4) is 0 Å². The Balaban J connectivity index is 1.67. The number of ether oxygens (including phenoxy) is 1. The minimum atomic E-state index is 0.0262. The quantitative estimate of drug-likeness (QED) is 0.698. The van der Waals surface area contributed by atoms with Gasteiger partial charge in [0.05, 0.1) is 11.2 Å². The summed E-state index contributed by atoms with van der Waals surface area (Å²) in [5.41, 5.74) is 0.907. The Morgan fingerprint density at radius 3 is 2.06 bits per heavy atom. The van der Waals surface area contributed by atoms with Gasteiger partial charge in [-0.2, -0.15) is 0 Å². The topological polar surface area (TPSA) is 21.3 Å². The molecule has 2 saturated carbocycles. The smallest absolute Gasteiger partial charge is 0.0814 e. The lowest BCUT2D eigenvalue weighted by atomic mass is 9.67. The van der Waals surface area contributed by atoms with E-state index in [1.807, 2.05) is 0 Å². The average molecular weight is 237 g/mol. The fourth-order valence-corrected chi connectivity index (χ4v) is 4.39. The fraction of sp³-hybridized carbons (Fsp3) is 1.00. The van der Waals surface area contributed by atoms with Crippen molar-refractivity contribution in [2.45, 2.75) is 76.4 Å². The van der Waals surface area contributed by atoms with Crippen molar-refractivity contribution >= 4 is 0 Å². The van der Waals surface area contributed by atoms with Crippen molar-refractivity contribution in [3.8, 4) is 0 Å². The average Bonchev–Trinajstić information content (AvgIpc) is 2.71. The molecule has 2 nitrogen and oxygen atoms in total. The van der Waals surface area contributed by atoms with Crippen molar-refractivity contribution in [1.29, 1.82) is 0 Å². The van der Waals surface area contributed by atoms with E-state index in [0.29, 0.717) is 0 Å². The van der Waals surface area contributed by atoms with E-state index in [0.717, 1.165) is 18.5 Å². The molecule has 0 bridgehead atoms. The van der Waals surface area contributed by atoms with Crippen LogP contribution in [-0.2, 0) is 4.74 Å². The Morgan fingerprint density at radius 1 is 0.824 bits per heavy atom. The zero-order chi connectivity index (χ0) is 12.0. The molecule has 3 fully saturated rings. The zero-order valence-electron chi connectivity index (χ0n) is 11.5. The largest absolute Gasteiger partial charge is 0.366 e. The molecule has 2 aliphatic carbocycles. The third-order valence-electron chi connectivity index (χ3n) is 5.38. The Morgan fingerprint density at radius 2 is 1.47 bits per heavy atom. The lowest BCUT2D eigenvalue weighted by Crippen LogP contribution is -2.59. The highest BCUT2D eigenvalue weighted by Gasteiger charge is 2.48. The van der Waals surface area contributed by atoms with Gasteiger partial charge in [0, 0.05) is 13.1 Å². The zero-order valence-corrected chi connectivity index (χ0v) is 11.5. The van der Waals surface area contributed by atoms with E-state index in [2.05, 4.69) is 19.2 Å². The molecule has 2 heteroatoms. The minimum absolute atomic E-state index is 0.0262. The van der Waals surface area contributed by atoms with Crippen LogP contribution in [0.2, 0.25) is 0 Å². The maximum atomic E-state index is 6.44. The molecule has 98 valence electrons. The Kier molecular flexibility index (Phi) is 2.79. The van der Waals surface area contributed by atoms with E-state index in [1.54, 1.807) is 0 Å². The SMILES string of the molecule is CC1(C)CNCC2(CCC3(CCCC3)CC2)O1.